The summed E-state index contributed by atoms with van der Waals surface area (Å²) in [6, 6.07) is 4.07. The summed E-state index contributed by atoms with van der Waals surface area (Å²) in [6.45, 7) is 13.2. The first-order chi connectivity index (χ1) is 23.2. The molecule has 0 unspecified atom stereocenters. The van der Waals surface area contributed by atoms with Crippen LogP contribution in [0, 0.1) is 12.8 Å². The zero-order valence-electron chi connectivity index (χ0n) is 28.3. The molecule has 2 atom stereocenters. The molecular weight excluding hydrogens is 659 g/mol. The average Bonchev–Trinajstić information content (AvgIpc) is 3.72. The van der Waals surface area contributed by atoms with Crippen LogP contribution in [0.5, 0.6) is 0 Å². The Hall–Kier alpha value is -3.93. The zero-order valence-corrected chi connectivity index (χ0v) is 29.1. The molecule has 0 saturated carbocycles. The molecule has 49 heavy (non-hydrogen) atoms. The lowest BCUT2D eigenvalue weighted by Crippen LogP contribution is -2.48. The third-order valence-corrected chi connectivity index (χ3v) is 11.1. The number of alkyl halides is 3. The number of pyridine rings is 1. The van der Waals surface area contributed by atoms with E-state index in [-0.39, 0.29) is 47.3 Å². The van der Waals surface area contributed by atoms with Crippen molar-refractivity contribution < 1.29 is 21.6 Å². The van der Waals surface area contributed by atoms with Gasteiger partial charge in [0.1, 0.15) is 5.56 Å². The van der Waals surface area contributed by atoms with Crippen molar-refractivity contribution in [2.45, 2.75) is 63.9 Å². The monoisotopic (exact) mass is 701 g/mol. The van der Waals surface area contributed by atoms with Gasteiger partial charge in [-0.2, -0.15) is 22.6 Å². The molecule has 264 valence electrons. The fraction of sp³-hybridized carbons (Fsp3) is 0.531. The van der Waals surface area contributed by atoms with Crippen LogP contribution in [0.4, 0.5) is 19.1 Å². The summed E-state index contributed by atoms with van der Waals surface area (Å²) in [5, 5.41) is 7.51. The second-order valence-electron chi connectivity index (χ2n) is 13.2. The van der Waals surface area contributed by atoms with E-state index in [1.807, 2.05) is 26.0 Å². The maximum Gasteiger partial charge on any atom is 0.419 e. The molecular formula is C32H42F3N11O2S. The van der Waals surface area contributed by atoms with Crippen molar-refractivity contribution in [1.29, 1.82) is 0 Å². The van der Waals surface area contributed by atoms with Crippen molar-refractivity contribution in [1.82, 2.24) is 48.4 Å². The summed E-state index contributed by atoms with van der Waals surface area (Å²) in [4.78, 5) is 21.9. The van der Waals surface area contributed by atoms with E-state index in [0.29, 0.717) is 23.8 Å². The quantitative estimate of drug-likeness (QED) is 0.275. The van der Waals surface area contributed by atoms with E-state index in [1.165, 1.54) is 33.9 Å². The maximum atomic E-state index is 14.2. The number of imidazole rings is 1. The summed E-state index contributed by atoms with van der Waals surface area (Å²) in [5.74, 6) is -0.169. The molecule has 13 nitrogen and oxygen atoms in total. The fourth-order valence-corrected chi connectivity index (χ4v) is 7.94. The van der Waals surface area contributed by atoms with E-state index in [1.54, 1.807) is 11.6 Å². The van der Waals surface area contributed by atoms with Crippen LogP contribution in [0.1, 0.15) is 44.1 Å². The van der Waals surface area contributed by atoms with Gasteiger partial charge in [-0.1, -0.05) is 6.92 Å². The number of piperidine rings is 1. The number of rotatable bonds is 9. The van der Waals surface area contributed by atoms with Gasteiger partial charge in [-0.15, -0.1) is 0 Å². The van der Waals surface area contributed by atoms with Gasteiger partial charge in [0.05, 0.1) is 35.3 Å². The molecule has 2 saturated heterocycles. The smallest absolute Gasteiger partial charge is 0.351 e. The lowest BCUT2D eigenvalue weighted by molar-refractivity contribution is -0.137. The molecule has 4 aromatic heterocycles. The highest BCUT2D eigenvalue weighted by Gasteiger charge is 2.38. The number of hydrogen-bond donors (Lipinski definition) is 1. The largest absolute Gasteiger partial charge is 0.419 e. The molecule has 0 amide bonds. The number of halogens is 3. The van der Waals surface area contributed by atoms with E-state index in [4.69, 9.17) is 4.98 Å². The highest BCUT2D eigenvalue weighted by molar-refractivity contribution is 7.89. The van der Waals surface area contributed by atoms with Crippen LogP contribution >= 0.6 is 0 Å². The third kappa shape index (κ3) is 7.64. The fourth-order valence-electron chi connectivity index (χ4n) is 6.42. The first-order valence-corrected chi connectivity index (χ1v) is 17.8. The van der Waals surface area contributed by atoms with Gasteiger partial charge in [0, 0.05) is 89.1 Å². The zero-order chi connectivity index (χ0) is 35.1. The predicted molar refractivity (Wildman–Crippen MR) is 177 cm³/mol. The summed E-state index contributed by atoms with van der Waals surface area (Å²) >= 11 is 0. The van der Waals surface area contributed by atoms with Crippen molar-refractivity contribution in [2.75, 3.05) is 44.6 Å². The lowest BCUT2D eigenvalue weighted by atomic mass is 9.95. The van der Waals surface area contributed by atoms with Crippen LogP contribution in [-0.2, 0) is 29.8 Å². The summed E-state index contributed by atoms with van der Waals surface area (Å²) < 4.78 is 73.1. The standard InChI is InChI=1S/C32H42F3N11O2S/c1-21(2)44-12-10-43(11-13-44)18-25-6-7-28(23(4)39-25)46-17-24(14-38-46)30-26(32(33,34)35)15-36-31(41-30)40-27-8-9-45(16-22(27)3)49(47,48)29-19-42(5)20-37-29/h6-7,14-15,17,19-22,27H,8-13,16,18H2,1-5H3,(H,36,40,41)/t22-,27+/m1/s1. The molecule has 0 aromatic carbocycles. The van der Waals surface area contributed by atoms with E-state index in [0.717, 1.165) is 44.6 Å². The number of nitrogens with one attached hydrogen (secondary N) is 1. The Labute approximate surface area is 284 Å². The van der Waals surface area contributed by atoms with Crippen LogP contribution in [0.25, 0.3) is 16.9 Å². The molecule has 17 heteroatoms. The minimum atomic E-state index is -4.70. The van der Waals surface area contributed by atoms with Crippen molar-refractivity contribution in [3.05, 3.63) is 60.2 Å². The molecule has 2 aliphatic heterocycles. The Balaban J connectivity index is 1.17. The Morgan fingerprint density at radius 3 is 2.41 bits per heavy atom. The molecule has 0 spiro atoms. The van der Waals surface area contributed by atoms with Crippen LogP contribution in [-0.4, -0.2) is 108 Å². The number of sulfonamides is 1. The predicted octanol–water partition coefficient (Wildman–Crippen LogP) is 3.82. The number of hydrogen-bond acceptors (Lipinski definition) is 10. The number of nitrogens with zero attached hydrogens (tertiary/aromatic N) is 10. The second kappa shape index (κ2) is 13.8. The van der Waals surface area contributed by atoms with Gasteiger partial charge in [0.15, 0.2) is 5.03 Å². The number of anilines is 1. The van der Waals surface area contributed by atoms with Crippen molar-refractivity contribution in [3.63, 3.8) is 0 Å². The minimum absolute atomic E-state index is 0.0186. The maximum absolute atomic E-state index is 14.2. The Bertz CT molecular complexity index is 1880. The molecule has 6 heterocycles. The lowest BCUT2D eigenvalue weighted by Gasteiger charge is -2.36. The van der Waals surface area contributed by atoms with E-state index < -0.39 is 21.8 Å². The Morgan fingerprint density at radius 1 is 1.02 bits per heavy atom. The highest BCUT2D eigenvalue weighted by Crippen LogP contribution is 2.36. The van der Waals surface area contributed by atoms with Crippen molar-refractivity contribution >= 4 is 16.0 Å². The van der Waals surface area contributed by atoms with E-state index in [2.05, 4.69) is 49.0 Å². The SMILES string of the molecule is Cc1nc(CN2CCN(C(C)C)CC2)ccc1-n1cc(-c2nc(N[C@H]3CCN(S(=O)(=O)c4cn(C)cn4)C[C@H]3C)ncc2C(F)(F)F)cn1. The van der Waals surface area contributed by atoms with Gasteiger partial charge in [-0.25, -0.2) is 28.1 Å². The van der Waals surface area contributed by atoms with E-state index in [9.17, 15) is 21.6 Å². The number of aromatic nitrogens is 7. The van der Waals surface area contributed by atoms with Gasteiger partial charge in [0.2, 0.25) is 5.95 Å². The molecule has 0 aliphatic carbocycles. The van der Waals surface area contributed by atoms with Crippen molar-refractivity contribution in [2.24, 2.45) is 13.0 Å². The molecule has 4 aromatic rings. The molecule has 1 N–H and O–H groups in total. The Kier molecular flexibility index (Phi) is 9.81. The Morgan fingerprint density at radius 2 is 1.78 bits per heavy atom. The van der Waals surface area contributed by atoms with Gasteiger partial charge in [-0.3, -0.25) is 14.8 Å². The molecule has 2 fully saturated rings. The van der Waals surface area contributed by atoms with Crippen LogP contribution in [0.2, 0.25) is 0 Å². The molecule has 0 radical (unpaired) electrons. The van der Waals surface area contributed by atoms with Crippen LogP contribution < -0.4 is 5.32 Å². The molecule has 2 aliphatic rings. The first kappa shape index (κ1) is 34.9. The third-order valence-electron chi connectivity index (χ3n) is 9.30. The topological polar surface area (TPSA) is 130 Å². The minimum Gasteiger partial charge on any atom is -0.351 e. The van der Waals surface area contributed by atoms with E-state index >= 15 is 0 Å². The first-order valence-electron chi connectivity index (χ1n) is 16.4. The van der Waals surface area contributed by atoms with Gasteiger partial charge in [0.25, 0.3) is 10.0 Å². The summed E-state index contributed by atoms with van der Waals surface area (Å²) in [7, 11) is -2.08. The summed E-state index contributed by atoms with van der Waals surface area (Å²) in [5.41, 5.74) is 1.17. The van der Waals surface area contributed by atoms with Gasteiger partial charge < -0.3 is 9.88 Å². The van der Waals surface area contributed by atoms with Crippen LogP contribution in [0.3, 0.4) is 0 Å². The summed E-state index contributed by atoms with van der Waals surface area (Å²) in [6.07, 6.45) is 2.23. The average molecular weight is 702 g/mol. The highest BCUT2D eigenvalue weighted by atomic mass is 32.2. The molecule has 6 rings (SSSR count). The number of aryl methyl sites for hydroxylation is 2. The van der Waals surface area contributed by atoms with Crippen LogP contribution in [0.15, 0.2) is 48.3 Å². The van der Waals surface area contributed by atoms with Crippen molar-refractivity contribution in [3.8, 4) is 16.9 Å². The van der Waals surface area contributed by atoms with Gasteiger partial charge in [-0.05, 0) is 45.2 Å². The van der Waals surface area contributed by atoms with Gasteiger partial charge >= 0.3 is 6.18 Å². The second-order valence-corrected chi connectivity index (χ2v) is 15.1. The normalized spacial score (nSPS) is 20.3. The number of piperazine rings is 1. The molecule has 0 bridgehead atoms.